The van der Waals surface area contributed by atoms with E-state index in [0.717, 1.165) is 5.56 Å². The standard InChI is InChI=1S/C19H21ClN4O4/c1-22(2)17(25)12-23(3)18(13-7-5-4-6-8-13)19(26)21-14-9-10-15(20)16(11-14)24(27)28/h4-11,18H,12H2,1-3H3,(H,21,26)/p+1/t18-/m0/s1. The van der Waals surface area contributed by atoms with Gasteiger partial charge in [-0.3, -0.25) is 19.7 Å². The zero-order valence-corrected chi connectivity index (χ0v) is 16.6. The van der Waals surface area contributed by atoms with Crippen LogP contribution in [0.5, 0.6) is 0 Å². The predicted molar refractivity (Wildman–Crippen MR) is 106 cm³/mol. The lowest BCUT2D eigenvalue weighted by atomic mass is 10.0. The van der Waals surface area contributed by atoms with Gasteiger partial charge in [0.1, 0.15) is 5.02 Å². The van der Waals surface area contributed by atoms with Crippen molar-refractivity contribution in [1.82, 2.24) is 4.90 Å². The molecule has 0 aliphatic carbocycles. The Morgan fingerprint density at radius 2 is 1.86 bits per heavy atom. The second kappa shape index (κ2) is 9.29. The lowest BCUT2D eigenvalue weighted by Crippen LogP contribution is -3.11. The van der Waals surface area contributed by atoms with E-state index in [1.807, 2.05) is 18.2 Å². The molecule has 9 heteroatoms. The molecule has 2 aromatic carbocycles. The highest BCUT2D eigenvalue weighted by Gasteiger charge is 2.31. The predicted octanol–water partition coefficient (Wildman–Crippen LogP) is 1.53. The molecule has 2 amide bonds. The summed E-state index contributed by atoms with van der Waals surface area (Å²) in [5.74, 6) is -0.500. The fourth-order valence-electron chi connectivity index (χ4n) is 2.75. The van der Waals surface area contributed by atoms with Crippen molar-refractivity contribution < 1.29 is 19.4 Å². The van der Waals surface area contributed by atoms with Crippen LogP contribution >= 0.6 is 11.6 Å². The van der Waals surface area contributed by atoms with Gasteiger partial charge in [-0.25, -0.2) is 0 Å². The maximum Gasteiger partial charge on any atom is 0.289 e. The maximum atomic E-state index is 13.0. The monoisotopic (exact) mass is 405 g/mol. The van der Waals surface area contributed by atoms with E-state index in [-0.39, 0.29) is 34.8 Å². The van der Waals surface area contributed by atoms with Crippen molar-refractivity contribution in [3.8, 4) is 0 Å². The average molecular weight is 406 g/mol. The Morgan fingerprint density at radius 3 is 2.43 bits per heavy atom. The van der Waals surface area contributed by atoms with Gasteiger partial charge in [0.15, 0.2) is 12.6 Å². The molecular weight excluding hydrogens is 384 g/mol. The Labute approximate surface area is 167 Å². The smallest absolute Gasteiger partial charge is 0.289 e. The maximum absolute atomic E-state index is 13.0. The van der Waals surface area contributed by atoms with Gasteiger partial charge in [-0.15, -0.1) is 0 Å². The highest BCUT2D eigenvalue weighted by atomic mass is 35.5. The van der Waals surface area contributed by atoms with E-state index >= 15 is 0 Å². The van der Waals surface area contributed by atoms with E-state index in [1.54, 1.807) is 33.3 Å². The summed E-state index contributed by atoms with van der Waals surface area (Å²) in [6.07, 6.45) is 0. The number of anilines is 1. The second-order valence-corrected chi connectivity index (χ2v) is 6.97. The van der Waals surface area contributed by atoms with Crippen LogP contribution in [0.4, 0.5) is 11.4 Å². The van der Waals surface area contributed by atoms with Gasteiger partial charge < -0.3 is 15.1 Å². The lowest BCUT2D eigenvalue weighted by Gasteiger charge is -2.25. The van der Waals surface area contributed by atoms with Crippen molar-refractivity contribution in [1.29, 1.82) is 0 Å². The topological polar surface area (TPSA) is 97.0 Å². The van der Waals surface area contributed by atoms with Gasteiger partial charge in [-0.05, 0) is 12.1 Å². The number of likely N-dealkylation sites (N-methyl/N-ethyl adjacent to an activating group) is 2. The number of quaternary nitrogens is 1. The molecule has 2 N–H and O–H groups in total. The van der Waals surface area contributed by atoms with Crippen LogP contribution in [0, 0.1) is 10.1 Å². The summed E-state index contributed by atoms with van der Waals surface area (Å²) < 4.78 is 0. The van der Waals surface area contributed by atoms with Crippen LogP contribution < -0.4 is 10.2 Å². The van der Waals surface area contributed by atoms with Crippen molar-refractivity contribution in [3.05, 3.63) is 69.2 Å². The summed E-state index contributed by atoms with van der Waals surface area (Å²) in [7, 11) is 5.06. The Hall–Kier alpha value is -2.97. The number of benzene rings is 2. The highest BCUT2D eigenvalue weighted by Crippen LogP contribution is 2.27. The molecule has 0 saturated heterocycles. The van der Waals surface area contributed by atoms with Gasteiger partial charge in [0.25, 0.3) is 17.5 Å². The third kappa shape index (κ3) is 5.28. The van der Waals surface area contributed by atoms with E-state index in [9.17, 15) is 19.7 Å². The van der Waals surface area contributed by atoms with Crippen LogP contribution in [0.15, 0.2) is 48.5 Å². The molecule has 148 valence electrons. The van der Waals surface area contributed by atoms with Gasteiger partial charge in [-0.1, -0.05) is 41.9 Å². The number of hydrogen-bond donors (Lipinski definition) is 2. The van der Waals surface area contributed by atoms with Crippen molar-refractivity contribution in [2.75, 3.05) is 33.0 Å². The van der Waals surface area contributed by atoms with Crippen molar-refractivity contribution in [2.45, 2.75) is 6.04 Å². The van der Waals surface area contributed by atoms with Gasteiger partial charge in [0, 0.05) is 31.4 Å². The minimum absolute atomic E-state index is 0.0121. The number of nitrogens with one attached hydrogen (secondary N) is 2. The van der Waals surface area contributed by atoms with E-state index in [2.05, 4.69) is 5.32 Å². The third-order valence-corrected chi connectivity index (χ3v) is 4.55. The second-order valence-electron chi connectivity index (χ2n) is 6.57. The van der Waals surface area contributed by atoms with Gasteiger partial charge in [0.2, 0.25) is 0 Å². The quantitative estimate of drug-likeness (QED) is 0.539. The Bertz CT molecular complexity index is 873. The molecule has 0 aliphatic heterocycles. The summed E-state index contributed by atoms with van der Waals surface area (Å²) >= 11 is 5.82. The van der Waals surface area contributed by atoms with E-state index in [1.165, 1.54) is 23.1 Å². The van der Waals surface area contributed by atoms with Gasteiger partial charge in [-0.2, -0.15) is 0 Å². The molecule has 28 heavy (non-hydrogen) atoms. The van der Waals surface area contributed by atoms with Gasteiger partial charge in [0.05, 0.1) is 12.0 Å². The van der Waals surface area contributed by atoms with Crippen LogP contribution in [0.2, 0.25) is 5.02 Å². The zero-order chi connectivity index (χ0) is 20.8. The molecule has 1 unspecified atom stereocenters. The van der Waals surface area contributed by atoms with E-state index in [0.29, 0.717) is 4.90 Å². The number of nitro groups is 1. The lowest BCUT2D eigenvalue weighted by molar-refractivity contribution is -0.894. The summed E-state index contributed by atoms with van der Waals surface area (Å²) in [6.45, 7) is 0.112. The number of rotatable bonds is 7. The third-order valence-electron chi connectivity index (χ3n) is 4.23. The fourth-order valence-corrected chi connectivity index (χ4v) is 2.94. The molecule has 2 aromatic rings. The van der Waals surface area contributed by atoms with Crippen molar-refractivity contribution in [2.24, 2.45) is 0 Å². The summed E-state index contributed by atoms with van der Waals surface area (Å²) in [4.78, 5) is 37.7. The molecule has 0 spiro atoms. The summed E-state index contributed by atoms with van der Waals surface area (Å²) in [6, 6.07) is 12.4. The summed E-state index contributed by atoms with van der Waals surface area (Å²) in [5.41, 5.74) is 0.695. The Kier molecular flexibility index (Phi) is 7.08. The van der Waals surface area contributed by atoms with Crippen molar-refractivity contribution in [3.63, 3.8) is 0 Å². The summed E-state index contributed by atoms with van der Waals surface area (Å²) in [5, 5.41) is 13.8. The number of amides is 2. The first kappa shape index (κ1) is 21.3. The number of hydrogen-bond acceptors (Lipinski definition) is 4. The number of nitrogens with zero attached hydrogens (tertiary/aromatic N) is 2. The van der Waals surface area contributed by atoms with Gasteiger partial charge >= 0.3 is 0 Å². The number of carbonyl (C=O) groups excluding carboxylic acids is 2. The first-order valence-electron chi connectivity index (χ1n) is 8.53. The molecule has 0 aromatic heterocycles. The van der Waals surface area contributed by atoms with Crippen LogP contribution in [-0.2, 0) is 9.59 Å². The first-order valence-corrected chi connectivity index (χ1v) is 8.90. The minimum atomic E-state index is -0.681. The normalized spacial score (nSPS) is 12.7. The van der Waals surface area contributed by atoms with Crippen LogP contribution in [0.1, 0.15) is 11.6 Å². The average Bonchev–Trinajstić information content (AvgIpc) is 2.64. The molecule has 0 bridgehead atoms. The first-order chi connectivity index (χ1) is 13.2. The molecule has 0 saturated carbocycles. The highest BCUT2D eigenvalue weighted by molar-refractivity contribution is 6.32. The molecule has 0 radical (unpaired) electrons. The fraction of sp³-hybridized carbons (Fsp3) is 0.263. The van der Waals surface area contributed by atoms with E-state index < -0.39 is 11.0 Å². The molecule has 0 fully saturated rings. The Morgan fingerprint density at radius 1 is 1.21 bits per heavy atom. The van der Waals surface area contributed by atoms with Crippen LogP contribution in [0.25, 0.3) is 0 Å². The van der Waals surface area contributed by atoms with Crippen LogP contribution in [-0.4, -0.2) is 49.3 Å². The number of halogens is 1. The molecular formula is C19H22ClN4O4+. The molecule has 2 rings (SSSR count). The number of nitro benzene ring substituents is 1. The van der Waals surface area contributed by atoms with E-state index in [4.69, 9.17) is 11.6 Å². The molecule has 0 aliphatic rings. The molecule has 0 heterocycles. The van der Waals surface area contributed by atoms with Crippen molar-refractivity contribution >= 4 is 34.8 Å². The molecule has 8 nitrogen and oxygen atoms in total. The SMILES string of the molecule is CN(C)C(=O)C[NH+](C)[C@H](C(=O)Nc1ccc(Cl)c([N+](=O)[O-])c1)c1ccccc1. The minimum Gasteiger partial charge on any atom is -0.344 e. The zero-order valence-electron chi connectivity index (χ0n) is 15.8. The largest absolute Gasteiger partial charge is 0.344 e. The number of carbonyl (C=O) groups is 2. The molecule has 2 atom stereocenters. The Balaban J connectivity index is 2.30. The van der Waals surface area contributed by atoms with Crippen LogP contribution in [0.3, 0.4) is 0 Å².